The Balaban J connectivity index is 1.30. The zero-order chi connectivity index (χ0) is 28.3. The fourth-order valence-corrected chi connectivity index (χ4v) is 7.47. The number of halogens is 2. The molecule has 3 aliphatic carbocycles. The largest absolute Gasteiger partial charge is 0.367 e. The summed E-state index contributed by atoms with van der Waals surface area (Å²) in [6.07, 6.45) is -2.45. The topological polar surface area (TPSA) is 96.0 Å². The predicted molar refractivity (Wildman–Crippen MR) is 141 cm³/mol. The summed E-state index contributed by atoms with van der Waals surface area (Å²) in [7, 11) is 3.94. The number of carbonyl (C=O) groups excluding carboxylic acids is 4. The van der Waals surface area contributed by atoms with Crippen LogP contribution >= 0.6 is 0 Å². The molecule has 0 aromatic heterocycles. The second-order valence-corrected chi connectivity index (χ2v) is 12.1. The van der Waals surface area contributed by atoms with Gasteiger partial charge in [0.15, 0.2) is 23.5 Å². The van der Waals surface area contributed by atoms with Gasteiger partial charge in [-0.2, -0.15) is 0 Å². The highest BCUT2D eigenvalue weighted by atomic mass is 19.2. The summed E-state index contributed by atoms with van der Waals surface area (Å²) in [6.45, 7) is 1.26. The average molecular weight is 556 g/mol. The van der Waals surface area contributed by atoms with E-state index in [4.69, 9.17) is 4.74 Å². The molecule has 6 rings (SSSR count). The lowest BCUT2D eigenvalue weighted by Gasteiger charge is -2.59. The molecule has 1 amide bonds. The van der Waals surface area contributed by atoms with Gasteiger partial charge in [-0.15, -0.1) is 0 Å². The van der Waals surface area contributed by atoms with Crippen molar-refractivity contribution >= 4 is 23.3 Å². The normalized spacial score (nSPS) is 36.3. The van der Waals surface area contributed by atoms with Crippen LogP contribution in [0.2, 0.25) is 0 Å². The molecule has 3 fully saturated rings. The van der Waals surface area contributed by atoms with Gasteiger partial charge in [-0.1, -0.05) is 24.3 Å². The van der Waals surface area contributed by atoms with E-state index in [0.29, 0.717) is 17.7 Å². The van der Waals surface area contributed by atoms with Gasteiger partial charge >= 0.3 is 0 Å². The van der Waals surface area contributed by atoms with Gasteiger partial charge in [0, 0.05) is 41.6 Å². The van der Waals surface area contributed by atoms with Crippen LogP contribution in [-0.4, -0.2) is 96.9 Å². The molecule has 8 nitrogen and oxygen atoms in total. The van der Waals surface area contributed by atoms with E-state index in [2.05, 4.69) is 5.32 Å². The molecular weight excluding hydrogens is 520 g/mol. The molecule has 5 aliphatic rings. The zero-order valence-electron chi connectivity index (χ0n) is 22.7. The number of ether oxygens (including phenoxy) is 1. The third-order valence-electron chi connectivity index (χ3n) is 9.42. The average Bonchev–Trinajstić information content (AvgIpc) is 2.94. The summed E-state index contributed by atoms with van der Waals surface area (Å²) < 4.78 is 36.4. The fraction of sp³-hybridized carbons (Fsp3) is 0.600. The third-order valence-corrected chi connectivity index (χ3v) is 9.42. The summed E-state index contributed by atoms with van der Waals surface area (Å²) >= 11 is 0. The van der Waals surface area contributed by atoms with Gasteiger partial charge in [0.2, 0.25) is 0 Å². The number of carbonyl (C=O) groups is 4. The Labute approximate surface area is 232 Å². The Bertz CT molecular complexity index is 1270. The van der Waals surface area contributed by atoms with E-state index >= 15 is 4.39 Å². The van der Waals surface area contributed by atoms with Gasteiger partial charge in [-0.3, -0.25) is 19.2 Å². The number of alkyl halides is 2. The van der Waals surface area contributed by atoms with Crippen LogP contribution in [0.15, 0.2) is 36.0 Å². The molecule has 1 aromatic carbocycles. The highest BCUT2D eigenvalue weighted by Gasteiger charge is 2.61. The summed E-state index contributed by atoms with van der Waals surface area (Å²) in [5.74, 6) is -3.40. The molecule has 9 unspecified atom stereocenters. The molecule has 0 radical (unpaired) electrons. The number of amides is 1. The van der Waals surface area contributed by atoms with Crippen LogP contribution in [0.3, 0.4) is 0 Å². The van der Waals surface area contributed by atoms with Crippen molar-refractivity contribution in [1.29, 1.82) is 0 Å². The number of rotatable bonds is 6. The maximum absolute atomic E-state index is 15.3. The predicted octanol–water partition coefficient (Wildman–Crippen LogP) is 2.52. The number of nitrogens with one attached hydrogen (secondary N) is 1. The van der Waals surface area contributed by atoms with Crippen LogP contribution in [0.25, 0.3) is 0 Å². The quantitative estimate of drug-likeness (QED) is 0.426. The van der Waals surface area contributed by atoms with E-state index in [1.165, 1.54) is 6.20 Å². The van der Waals surface area contributed by atoms with Crippen molar-refractivity contribution in [3.63, 3.8) is 0 Å². The maximum Gasteiger partial charge on any atom is 0.256 e. The number of morpholine rings is 1. The van der Waals surface area contributed by atoms with E-state index < -0.39 is 66.1 Å². The molecule has 10 heteroatoms. The first kappa shape index (κ1) is 27.2. The van der Waals surface area contributed by atoms with Gasteiger partial charge < -0.3 is 19.9 Å². The lowest BCUT2D eigenvalue weighted by Crippen LogP contribution is -2.71. The van der Waals surface area contributed by atoms with Gasteiger partial charge in [-0.05, 0) is 52.7 Å². The Hall–Kier alpha value is -2.98. The lowest BCUT2D eigenvalue weighted by molar-refractivity contribution is -0.214. The number of fused-ring (bicyclic) bond motifs is 4. The molecule has 1 N–H and O–H groups in total. The van der Waals surface area contributed by atoms with Crippen LogP contribution in [0.1, 0.15) is 52.8 Å². The minimum Gasteiger partial charge on any atom is -0.367 e. The first-order valence-electron chi connectivity index (χ1n) is 14.2. The van der Waals surface area contributed by atoms with Crippen molar-refractivity contribution < 1.29 is 32.7 Å². The molecule has 40 heavy (non-hydrogen) atoms. The molecule has 214 valence electrons. The van der Waals surface area contributed by atoms with Crippen molar-refractivity contribution in [3.05, 3.63) is 47.2 Å². The number of unbranched alkanes of at least 4 members (excludes halogenated alkanes) is 1. The van der Waals surface area contributed by atoms with E-state index in [9.17, 15) is 23.6 Å². The summed E-state index contributed by atoms with van der Waals surface area (Å²) in [5.41, 5.74) is 0.718. The monoisotopic (exact) mass is 555 g/mol. The maximum atomic E-state index is 15.3. The number of nitrogens with zero attached hydrogens (tertiary/aromatic N) is 2. The molecule has 2 saturated carbocycles. The molecule has 1 saturated heterocycles. The lowest BCUT2D eigenvalue weighted by atomic mass is 9.63. The number of hydrogen-bond donors (Lipinski definition) is 1. The third kappa shape index (κ3) is 4.40. The second-order valence-electron chi connectivity index (χ2n) is 12.1. The SMILES string of the molecule is CN(C)CCCCNC(=O)C1=CN2C3CC4C(=O)c5ccccc5C(=O)C4CC3OC3C(F)C(F)CC(C1=O)C32. The van der Waals surface area contributed by atoms with Crippen LogP contribution in [0.4, 0.5) is 8.78 Å². The molecule has 1 aromatic rings. The van der Waals surface area contributed by atoms with E-state index in [1.54, 1.807) is 29.2 Å². The number of Topliss-reactive ketones (excluding diaryl/α,β-unsaturated/α-hetero) is 3. The van der Waals surface area contributed by atoms with Crippen molar-refractivity contribution in [2.24, 2.45) is 17.8 Å². The standard InChI is InChI=1S/C30H35F2N3O5/c1-34(2)10-6-5-9-33-30(39)20-14-35-22-12-17-18(27(37)16-8-4-3-7-15(16)26(17)36)13-23(22)40-29-24(32)21(31)11-19(25(29)35)28(20)38/h3-4,7-8,14,17-19,21-25,29H,5-6,9-13H2,1-2H3,(H,33,39). The number of benzene rings is 1. The smallest absolute Gasteiger partial charge is 0.256 e. The fourth-order valence-electron chi connectivity index (χ4n) is 7.47. The zero-order valence-corrected chi connectivity index (χ0v) is 22.7. The van der Waals surface area contributed by atoms with E-state index in [0.717, 1.165) is 19.4 Å². The van der Waals surface area contributed by atoms with Gasteiger partial charge in [0.05, 0.1) is 23.8 Å². The summed E-state index contributed by atoms with van der Waals surface area (Å²) in [6, 6.07) is 5.54. The number of ketones is 3. The Morgan fingerprint density at radius 2 is 1.65 bits per heavy atom. The molecule has 0 bridgehead atoms. The molecule has 2 aliphatic heterocycles. The van der Waals surface area contributed by atoms with Gasteiger partial charge in [0.1, 0.15) is 12.3 Å². The van der Waals surface area contributed by atoms with Crippen molar-refractivity contribution in [1.82, 2.24) is 15.1 Å². The first-order chi connectivity index (χ1) is 19.2. The second kappa shape index (κ2) is 10.4. The van der Waals surface area contributed by atoms with E-state index in [1.807, 2.05) is 19.0 Å². The van der Waals surface area contributed by atoms with Crippen LogP contribution in [0, 0.1) is 17.8 Å². The highest BCUT2D eigenvalue weighted by molar-refractivity contribution is 6.20. The van der Waals surface area contributed by atoms with Crippen molar-refractivity contribution in [3.8, 4) is 0 Å². The molecule has 0 spiro atoms. The minimum absolute atomic E-state index is 0.0729. The van der Waals surface area contributed by atoms with Crippen molar-refractivity contribution in [2.45, 2.75) is 68.7 Å². The van der Waals surface area contributed by atoms with Crippen molar-refractivity contribution in [2.75, 3.05) is 27.2 Å². The van der Waals surface area contributed by atoms with E-state index in [-0.39, 0.29) is 36.4 Å². The first-order valence-corrected chi connectivity index (χ1v) is 14.2. The Kier molecular flexibility index (Phi) is 7.11. The van der Waals surface area contributed by atoms with Gasteiger partial charge in [-0.25, -0.2) is 8.78 Å². The van der Waals surface area contributed by atoms with Crippen LogP contribution in [0.5, 0.6) is 0 Å². The Morgan fingerprint density at radius 3 is 2.33 bits per heavy atom. The minimum atomic E-state index is -1.93. The van der Waals surface area contributed by atoms with Gasteiger partial charge in [0.25, 0.3) is 5.91 Å². The van der Waals surface area contributed by atoms with Crippen LogP contribution in [-0.2, 0) is 14.3 Å². The molecular formula is C30H35F2N3O5. The molecule has 2 heterocycles. The number of hydrogen-bond acceptors (Lipinski definition) is 7. The molecule has 9 atom stereocenters. The summed E-state index contributed by atoms with van der Waals surface area (Å²) in [4.78, 5) is 57.4. The van der Waals surface area contributed by atoms with Crippen LogP contribution < -0.4 is 5.32 Å². The summed E-state index contributed by atoms with van der Waals surface area (Å²) in [5, 5.41) is 2.82. The highest BCUT2D eigenvalue weighted by Crippen LogP contribution is 2.50. The Morgan fingerprint density at radius 1 is 0.975 bits per heavy atom.